The van der Waals surface area contributed by atoms with Crippen molar-refractivity contribution >= 4 is 40.1 Å². The monoisotopic (exact) mass is 319 g/mol. The van der Waals surface area contributed by atoms with E-state index in [1.165, 1.54) is 0 Å². The summed E-state index contributed by atoms with van der Waals surface area (Å²) in [5, 5.41) is 4.11. The lowest BCUT2D eigenvalue weighted by atomic mass is 10.0. The fourth-order valence-corrected chi connectivity index (χ4v) is 3.45. The molecule has 1 aliphatic rings. The Labute approximate surface area is 137 Å². The maximum atomic E-state index is 12.1. The Bertz CT molecular complexity index is 976. The highest BCUT2D eigenvalue weighted by molar-refractivity contribution is 7.11. The third kappa shape index (κ3) is 2.47. The molecule has 2 aromatic carbocycles. The van der Waals surface area contributed by atoms with Gasteiger partial charge in [-0.05, 0) is 46.8 Å². The second kappa shape index (κ2) is 5.48. The van der Waals surface area contributed by atoms with Crippen LogP contribution >= 0.6 is 11.3 Å². The summed E-state index contributed by atoms with van der Waals surface area (Å²) in [6.45, 7) is 2.01. The number of carbonyl (C=O) groups is 1. The number of nitrogens with zero attached hydrogens (tertiary/aromatic N) is 1. The molecule has 0 N–H and O–H groups in total. The van der Waals surface area contributed by atoms with E-state index in [-0.39, 0.29) is 0 Å². The first kappa shape index (κ1) is 13.9. The third-order valence-electron chi connectivity index (χ3n) is 3.81. The largest absolute Gasteiger partial charge is 0.402 e. The van der Waals surface area contributed by atoms with E-state index in [2.05, 4.69) is 4.99 Å². The molecule has 3 nitrogen and oxygen atoms in total. The standard InChI is InChI=1S/C19H13NO2S/c1-12-9-10-23-17(12)11-16-19(21)22-18(20-16)15-8-4-6-13-5-2-3-7-14(13)15/h2-11H,1H3/b16-11+. The zero-order chi connectivity index (χ0) is 15.8. The first-order valence-electron chi connectivity index (χ1n) is 7.27. The molecule has 112 valence electrons. The molecule has 0 atom stereocenters. The average molecular weight is 319 g/mol. The van der Waals surface area contributed by atoms with Gasteiger partial charge in [-0.1, -0.05) is 36.4 Å². The van der Waals surface area contributed by atoms with Crippen LogP contribution in [0.2, 0.25) is 0 Å². The molecule has 0 unspecified atom stereocenters. The Morgan fingerprint density at radius 2 is 1.91 bits per heavy atom. The lowest BCUT2D eigenvalue weighted by molar-refractivity contribution is -0.129. The van der Waals surface area contributed by atoms with Gasteiger partial charge in [-0.25, -0.2) is 9.79 Å². The van der Waals surface area contributed by atoms with Gasteiger partial charge in [-0.3, -0.25) is 0 Å². The van der Waals surface area contributed by atoms with Gasteiger partial charge >= 0.3 is 5.97 Å². The fraction of sp³-hybridized carbons (Fsp3) is 0.0526. The van der Waals surface area contributed by atoms with Gasteiger partial charge < -0.3 is 4.74 Å². The SMILES string of the molecule is Cc1ccsc1/C=C1/N=C(c2cccc3ccccc23)OC1=O. The number of aliphatic imine (C=N–C) groups is 1. The van der Waals surface area contributed by atoms with Gasteiger partial charge in [-0.2, -0.15) is 0 Å². The molecule has 0 radical (unpaired) electrons. The minimum atomic E-state index is -0.402. The maximum absolute atomic E-state index is 12.1. The number of ether oxygens (including phenoxy) is 1. The minimum absolute atomic E-state index is 0.346. The number of esters is 1. The minimum Gasteiger partial charge on any atom is -0.402 e. The molecule has 1 aromatic heterocycles. The van der Waals surface area contributed by atoms with E-state index in [0.717, 1.165) is 26.8 Å². The number of aryl methyl sites for hydroxylation is 1. The highest BCUT2D eigenvalue weighted by Gasteiger charge is 2.25. The van der Waals surface area contributed by atoms with Crippen LogP contribution in [0, 0.1) is 6.92 Å². The molecule has 0 bridgehead atoms. The van der Waals surface area contributed by atoms with E-state index in [0.29, 0.717) is 11.6 Å². The lowest BCUT2D eigenvalue weighted by Gasteiger charge is -2.04. The Balaban J connectivity index is 1.81. The molecular formula is C19H13NO2S. The van der Waals surface area contributed by atoms with Crippen LogP contribution in [0.4, 0.5) is 0 Å². The topological polar surface area (TPSA) is 38.7 Å². The number of cyclic esters (lactones) is 1. The van der Waals surface area contributed by atoms with E-state index in [1.54, 1.807) is 17.4 Å². The Morgan fingerprint density at radius 1 is 1.09 bits per heavy atom. The normalized spacial score (nSPS) is 16.0. The summed E-state index contributed by atoms with van der Waals surface area (Å²) >= 11 is 1.58. The Morgan fingerprint density at radius 3 is 2.74 bits per heavy atom. The van der Waals surface area contributed by atoms with Crippen molar-refractivity contribution < 1.29 is 9.53 Å². The van der Waals surface area contributed by atoms with Gasteiger partial charge in [0.25, 0.3) is 0 Å². The second-order valence-corrected chi connectivity index (χ2v) is 6.28. The molecule has 0 amide bonds. The Kier molecular flexibility index (Phi) is 3.32. The molecule has 0 spiro atoms. The first-order chi connectivity index (χ1) is 11.2. The van der Waals surface area contributed by atoms with Gasteiger partial charge in [0.2, 0.25) is 5.90 Å². The Hall–Kier alpha value is -2.72. The number of carbonyl (C=O) groups excluding carboxylic acids is 1. The van der Waals surface area contributed by atoms with E-state index in [4.69, 9.17) is 4.74 Å². The summed E-state index contributed by atoms with van der Waals surface area (Å²) in [6.07, 6.45) is 1.79. The van der Waals surface area contributed by atoms with Gasteiger partial charge in [-0.15, -0.1) is 11.3 Å². The summed E-state index contributed by atoms with van der Waals surface area (Å²) in [5.41, 5.74) is 2.31. The highest BCUT2D eigenvalue weighted by Crippen LogP contribution is 2.26. The van der Waals surface area contributed by atoms with Crippen LogP contribution in [0.1, 0.15) is 16.0 Å². The molecule has 3 aromatic rings. The van der Waals surface area contributed by atoms with Crippen LogP contribution in [-0.4, -0.2) is 11.9 Å². The zero-order valence-corrected chi connectivity index (χ0v) is 13.3. The van der Waals surface area contributed by atoms with Crippen LogP contribution in [-0.2, 0) is 9.53 Å². The van der Waals surface area contributed by atoms with Crippen molar-refractivity contribution in [2.75, 3.05) is 0 Å². The van der Waals surface area contributed by atoms with Crippen molar-refractivity contribution in [3.05, 3.63) is 75.6 Å². The van der Waals surface area contributed by atoms with Gasteiger partial charge in [0, 0.05) is 10.4 Å². The molecule has 4 rings (SSSR count). The fourth-order valence-electron chi connectivity index (χ4n) is 2.59. The smallest absolute Gasteiger partial charge is 0.363 e. The van der Waals surface area contributed by atoms with Crippen LogP contribution in [0.15, 0.2) is 64.6 Å². The maximum Gasteiger partial charge on any atom is 0.363 e. The van der Waals surface area contributed by atoms with E-state index < -0.39 is 5.97 Å². The van der Waals surface area contributed by atoms with Crippen molar-refractivity contribution in [1.29, 1.82) is 0 Å². The number of hydrogen-bond acceptors (Lipinski definition) is 4. The van der Waals surface area contributed by atoms with Crippen molar-refractivity contribution in [3.63, 3.8) is 0 Å². The van der Waals surface area contributed by atoms with E-state index in [9.17, 15) is 4.79 Å². The summed E-state index contributed by atoms with van der Waals surface area (Å²) in [4.78, 5) is 17.6. The van der Waals surface area contributed by atoms with Crippen molar-refractivity contribution in [2.24, 2.45) is 4.99 Å². The molecule has 23 heavy (non-hydrogen) atoms. The van der Waals surface area contributed by atoms with E-state index >= 15 is 0 Å². The number of benzene rings is 2. The molecule has 4 heteroatoms. The number of thiophene rings is 1. The van der Waals surface area contributed by atoms with Crippen molar-refractivity contribution in [1.82, 2.24) is 0 Å². The van der Waals surface area contributed by atoms with Gasteiger partial charge in [0.15, 0.2) is 5.70 Å². The molecular weight excluding hydrogens is 306 g/mol. The predicted molar refractivity (Wildman–Crippen MR) is 93.6 cm³/mol. The molecule has 1 aliphatic heterocycles. The second-order valence-electron chi connectivity index (χ2n) is 5.33. The molecule has 0 fully saturated rings. The van der Waals surface area contributed by atoms with E-state index in [1.807, 2.05) is 60.8 Å². The molecule has 0 aliphatic carbocycles. The lowest BCUT2D eigenvalue weighted by Crippen LogP contribution is -2.05. The van der Waals surface area contributed by atoms with Crippen LogP contribution in [0.3, 0.4) is 0 Å². The molecule has 0 saturated carbocycles. The predicted octanol–water partition coefficient (Wildman–Crippen LogP) is 4.55. The summed E-state index contributed by atoms with van der Waals surface area (Å²) in [7, 11) is 0. The third-order valence-corrected chi connectivity index (χ3v) is 4.78. The quantitative estimate of drug-likeness (QED) is 0.513. The van der Waals surface area contributed by atoms with Crippen LogP contribution in [0.5, 0.6) is 0 Å². The zero-order valence-electron chi connectivity index (χ0n) is 12.4. The first-order valence-corrected chi connectivity index (χ1v) is 8.15. The number of hydrogen-bond donors (Lipinski definition) is 0. The molecule has 0 saturated heterocycles. The highest BCUT2D eigenvalue weighted by atomic mass is 32.1. The van der Waals surface area contributed by atoms with Gasteiger partial charge in [0.05, 0.1) is 0 Å². The van der Waals surface area contributed by atoms with Gasteiger partial charge in [0.1, 0.15) is 0 Å². The summed E-state index contributed by atoms with van der Waals surface area (Å²) in [5.74, 6) is -0.0343. The number of rotatable bonds is 2. The van der Waals surface area contributed by atoms with Crippen molar-refractivity contribution in [2.45, 2.75) is 6.92 Å². The summed E-state index contributed by atoms with van der Waals surface area (Å²) < 4.78 is 5.40. The molecule has 2 heterocycles. The summed E-state index contributed by atoms with van der Waals surface area (Å²) in [6, 6.07) is 15.9. The number of fused-ring (bicyclic) bond motifs is 1. The van der Waals surface area contributed by atoms with Crippen LogP contribution in [0.25, 0.3) is 16.8 Å². The van der Waals surface area contributed by atoms with Crippen molar-refractivity contribution in [3.8, 4) is 0 Å². The van der Waals surface area contributed by atoms with Crippen LogP contribution < -0.4 is 0 Å². The average Bonchev–Trinajstić information content (AvgIpc) is 3.14.